The van der Waals surface area contributed by atoms with Gasteiger partial charge in [0, 0.05) is 37.7 Å². The number of nitrogens with zero attached hydrogens (tertiary/aromatic N) is 2. The molecule has 0 bridgehead atoms. The maximum atomic E-state index is 5.19. The Morgan fingerprint density at radius 3 is 1.13 bits per heavy atom. The molecule has 2 heterocycles. The minimum Gasteiger partial charge on any atom is -0.247 e. The Morgan fingerprint density at radius 1 is 0.290 bits per heavy atom. The molecule has 0 aliphatic carbocycles. The Labute approximate surface area is 366 Å². The first-order valence-corrected chi connectivity index (χ1v) is 23.3. The molecule has 306 valence electrons. The first-order chi connectivity index (χ1) is 30.8. The highest BCUT2D eigenvalue weighted by Gasteiger charge is 2.33. The van der Waals surface area contributed by atoms with Gasteiger partial charge in [0.1, 0.15) is 0 Å². The van der Waals surface area contributed by atoms with Crippen LogP contribution in [0, 0.1) is 0 Å². The maximum absolute atomic E-state index is 5.19. The Bertz CT molecular complexity index is 3070. The molecule has 10 rings (SSSR count). The van der Waals surface area contributed by atoms with Gasteiger partial charge in [-0.05, 0) is 83.7 Å². The van der Waals surface area contributed by atoms with Crippen LogP contribution < -0.4 is 0 Å². The van der Waals surface area contributed by atoms with E-state index >= 15 is 0 Å². The topological polar surface area (TPSA) is 25.8 Å². The summed E-state index contributed by atoms with van der Waals surface area (Å²) in [6.45, 7) is 0. The minimum absolute atomic E-state index is 0.0126. The van der Waals surface area contributed by atoms with Crippen LogP contribution in [0.5, 0.6) is 0 Å². The highest BCUT2D eigenvalue weighted by Crippen LogP contribution is 2.42. The first-order valence-electron chi connectivity index (χ1n) is 23.3. The molecule has 0 saturated heterocycles. The largest absolute Gasteiger partial charge is 0.247 e. The quantitative estimate of drug-likeness (QED) is 0.0520. The number of aryl methyl sites for hydroxylation is 2. The van der Waals surface area contributed by atoms with Crippen LogP contribution in [0.2, 0.25) is 0 Å². The third-order valence-corrected chi connectivity index (χ3v) is 13.8. The van der Waals surface area contributed by atoms with Crippen molar-refractivity contribution >= 4 is 65.2 Å². The van der Waals surface area contributed by atoms with Gasteiger partial charge in [0.2, 0.25) is 0 Å². The standard InChI is InChI=1S/C60H56N2/c1(2-12-32-50-52-34-18-20-36-56(52)61-58-48-30-16-14-24-44(48)38-40-54(50)58)4-22-42-60(46-26-8-6-9-27-46,47-28-10-7-11-29-47)43-23-5-3-13-33-51-53-35-19-21-37-57(53)62-59-49-31-17-15-25-45(49)39-41-55(51)59/h6-11,14-21,24-31,34-41H,1-5,12-13,22-23,32-33,42-43H2. The number of hydrogen-bond donors (Lipinski definition) is 0. The van der Waals surface area contributed by atoms with Crippen molar-refractivity contribution in [1.82, 2.24) is 9.97 Å². The van der Waals surface area contributed by atoms with Crippen LogP contribution in [0.4, 0.5) is 0 Å². The molecule has 0 N–H and O–H groups in total. The monoisotopic (exact) mass is 804 g/mol. The average molecular weight is 805 g/mol. The average Bonchev–Trinajstić information content (AvgIpc) is 3.34. The number of aromatic nitrogens is 2. The zero-order chi connectivity index (χ0) is 41.6. The summed E-state index contributed by atoms with van der Waals surface area (Å²) in [6.07, 6.45) is 15.6. The molecule has 0 atom stereocenters. The summed E-state index contributed by atoms with van der Waals surface area (Å²) >= 11 is 0. The van der Waals surface area contributed by atoms with Crippen LogP contribution in [-0.2, 0) is 18.3 Å². The summed E-state index contributed by atoms with van der Waals surface area (Å²) < 4.78 is 0. The molecular formula is C60H56N2. The predicted octanol–water partition coefficient (Wildman–Crippen LogP) is 16.5. The van der Waals surface area contributed by atoms with Crippen molar-refractivity contribution in [1.29, 1.82) is 0 Å². The SMILES string of the molecule is c1ccc(C(CCCCCCCc2c3ccccc3nc3c2ccc2ccccc23)(CCCCCCc2c3ccccc3nc3c2ccc2ccccc23)c2ccccc2)cc1. The molecule has 62 heavy (non-hydrogen) atoms. The van der Waals surface area contributed by atoms with Crippen LogP contribution in [0.25, 0.3) is 65.2 Å². The van der Waals surface area contributed by atoms with E-state index in [4.69, 9.17) is 9.97 Å². The van der Waals surface area contributed by atoms with Crippen LogP contribution in [0.1, 0.15) is 92.9 Å². The van der Waals surface area contributed by atoms with Gasteiger partial charge in [-0.15, -0.1) is 0 Å². The van der Waals surface area contributed by atoms with Gasteiger partial charge in [0.05, 0.1) is 22.1 Å². The molecule has 0 radical (unpaired) electrons. The zero-order valence-electron chi connectivity index (χ0n) is 35.9. The van der Waals surface area contributed by atoms with E-state index < -0.39 is 0 Å². The number of rotatable bonds is 17. The number of benzene rings is 8. The summed E-state index contributed by atoms with van der Waals surface area (Å²) in [5.74, 6) is 0. The van der Waals surface area contributed by atoms with Crippen molar-refractivity contribution in [2.45, 2.75) is 88.9 Å². The second-order valence-corrected chi connectivity index (χ2v) is 17.6. The zero-order valence-corrected chi connectivity index (χ0v) is 35.9. The second-order valence-electron chi connectivity index (χ2n) is 17.6. The molecule has 2 aromatic heterocycles. The van der Waals surface area contributed by atoms with Crippen LogP contribution >= 0.6 is 0 Å². The van der Waals surface area contributed by atoms with E-state index in [0.717, 1.165) is 34.9 Å². The maximum Gasteiger partial charge on any atom is 0.0790 e. The Morgan fingerprint density at radius 2 is 0.661 bits per heavy atom. The lowest BCUT2D eigenvalue weighted by Gasteiger charge is -2.36. The fraction of sp³-hybridized carbons (Fsp3) is 0.233. The van der Waals surface area contributed by atoms with Crippen molar-refractivity contribution in [3.8, 4) is 0 Å². The lowest BCUT2D eigenvalue weighted by Crippen LogP contribution is -2.28. The summed E-state index contributed by atoms with van der Waals surface area (Å²) in [7, 11) is 0. The van der Waals surface area contributed by atoms with Gasteiger partial charge in [-0.25, -0.2) is 9.97 Å². The van der Waals surface area contributed by atoms with Gasteiger partial charge >= 0.3 is 0 Å². The smallest absolute Gasteiger partial charge is 0.0790 e. The molecule has 2 nitrogen and oxygen atoms in total. The van der Waals surface area contributed by atoms with E-state index in [9.17, 15) is 0 Å². The summed E-state index contributed by atoms with van der Waals surface area (Å²) in [5, 5.41) is 10.2. The molecule has 0 unspecified atom stereocenters. The van der Waals surface area contributed by atoms with Gasteiger partial charge in [-0.2, -0.15) is 0 Å². The summed E-state index contributed by atoms with van der Waals surface area (Å²) in [5.41, 5.74) is 10.3. The third kappa shape index (κ3) is 7.95. The normalized spacial score (nSPS) is 12.1. The Balaban J connectivity index is 0.804. The highest BCUT2D eigenvalue weighted by atomic mass is 14.7. The van der Waals surface area contributed by atoms with Crippen molar-refractivity contribution in [3.63, 3.8) is 0 Å². The Kier molecular flexibility index (Phi) is 11.7. The molecule has 0 amide bonds. The molecule has 10 aromatic rings. The van der Waals surface area contributed by atoms with Gasteiger partial charge < -0.3 is 0 Å². The van der Waals surface area contributed by atoms with E-state index in [1.807, 2.05) is 0 Å². The lowest BCUT2D eigenvalue weighted by molar-refractivity contribution is 0.391. The van der Waals surface area contributed by atoms with Crippen molar-refractivity contribution < 1.29 is 0 Å². The number of hydrogen-bond acceptors (Lipinski definition) is 2. The molecule has 0 saturated carbocycles. The number of para-hydroxylation sites is 2. The lowest BCUT2D eigenvalue weighted by atomic mass is 9.68. The van der Waals surface area contributed by atoms with E-state index in [2.05, 4.69) is 182 Å². The van der Waals surface area contributed by atoms with Crippen LogP contribution in [0.3, 0.4) is 0 Å². The number of pyridine rings is 2. The second kappa shape index (κ2) is 18.3. The van der Waals surface area contributed by atoms with Crippen LogP contribution in [-0.4, -0.2) is 9.97 Å². The molecule has 2 heteroatoms. The minimum atomic E-state index is 0.0126. The fourth-order valence-electron chi connectivity index (χ4n) is 10.7. The molecule has 0 aliphatic rings. The van der Waals surface area contributed by atoms with E-state index in [-0.39, 0.29) is 5.41 Å². The molecule has 0 fully saturated rings. The molecular weight excluding hydrogens is 749 g/mol. The summed E-state index contributed by atoms with van der Waals surface area (Å²) in [6, 6.07) is 66.9. The number of unbranched alkanes of at least 4 members (excludes halogenated alkanes) is 7. The fourth-order valence-corrected chi connectivity index (χ4v) is 10.7. The van der Waals surface area contributed by atoms with Crippen molar-refractivity contribution in [3.05, 3.63) is 204 Å². The Hall–Kier alpha value is -6.38. The van der Waals surface area contributed by atoms with E-state index in [0.29, 0.717) is 0 Å². The van der Waals surface area contributed by atoms with Gasteiger partial charge in [-0.1, -0.05) is 215 Å². The van der Waals surface area contributed by atoms with Gasteiger partial charge in [0.25, 0.3) is 0 Å². The molecule has 0 spiro atoms. The van der Waals surface area contributed by atoms with E-state index in [1.165, 1.54) is 136 Å². The van der Waals surface area contributed by atoms with Crippen molar-refractivity contribution in [2.75, 3.05) is 0 Å². The predicted molar refractivity (Wildman–Crippen MR) is 265 cm³/mol. The number of fused-ring (bicyclic) bond motifs is 8. The first kappa shape index (κ1) is 39.7. The summed E-state index contributed by atoms with van der Waals surface area (Å²) in [4.78, 5) is 10.4. The van der Waals surface area contributed by atoms with Crippen LogP contribution in [0.15, 0.2) is 182 Å². The third-order valence-electron chi connectivity index (χ3n) is 13.8. The van der Waals surface area contributed by atoms with Gasteiger partial charge in [-0.3, -0.25) is 0 Å². The molecule has 8 aromatic carbocycles. The van der Waals surface area contributed by atoms with Gasteiger partial charge in [0.15, 0.2) is 0 Å². The highest BCUT2D eigenvalue weighted by molar-refractivity contribution is 6.11. The van der Waals surface area contributed by atoms with E-state index in [1.54, 1.807) is 0 Å². The van der Waals surface area contributed by atoms with Crippen molar-refractivity contribution in [2.24, 2.45) is 0 Å². The molecule has 0 aliphatic heterocycles.